The van der Waals surface area contributed by atoms with Crippen LogP contribution < -0.4 is 29.3 Å². The van der Waals surface area contributed by atoms with Gasteiger partial charge in [0.15, 0.2) is 6.19 Å². The smallest absolute Gasteiger partial charge is 0.247 e. The summed E-state index contributed by atoms with van der Waals surface area (Å²) in [5, 5.41) is 13.0. The van der Waals surface area contributed by atoms with Crippen LogP contribution in [0.15, 0.2) is 48.1 Å². The quantitative estimate of drug-likeness (QED) is 0.244. The molecular formula is C33H31Cl2N7O4. The highest BCUT2D eigenvalue weighted by Gasteiger charge is 2.33. The van der Waals surface area contributed by atoms with Crippen molar-refractivity contribution in [2.75, 3.05) is 75.7 Å². The van der Waals surface area contributed by atoms with Crippen LogP contribution in [0.5, 0.6) is 17.2 Å². The van der Waals surface area contributed by atoms with E-state index >= 15 is 0 Å². The number of benzene rings is 2. The number of ether oxygens (including phenoxy) is 3. The summed E-state index contributed by atoms with van der Waals surface area (Å²) in [7, 11) is 4.68. The molecule has 4 heterocycles. The molecule has 0 spiro atoms. The summed E-state index contributed by atoms with van der Waals surface area (Å²) < 4.78 is 16.9. The van der Waals surface area contributed by atoms with E-state index < -0.39 is 0 Å². The van der Waals surface area contributed by atoms with E-state index in [9.17, 15) is 10.1 Å². The Morgan fingerprint density at radius 3 is 2.30 bits per heavy atom. The number of hydrogen-bond acceptors (Lipinski definition) is 10. The van der Waals surface area contributed by atoms with Crippen molar-refractivity contribution in [3.63, 3.8) is 0 Å². The summed E-state index contributed by atoms with van der Waals surface area (Å²) in [6.07, 6.45) is 7.19. The van der Waals surface area contributed by atoms with Crippen LogP contribution in [0.3, 0.4) is 0 Å². The zero-order chi connectivity index (χ0) is 32.5. The Labute approximate surface area is 276 Å². The fourth-order valence-corrected chi connectivity index (χ4v) is 6.62. The van der Waals surface area contributed by atoms with Crippen LogP contribution in [-0.2, 0) is 4.79 Å². The van der Waals surface area contributed by atoms with E-state index in [2.05, 4.69) is 27.9 Å². The van der Waals surface area contributed by atoms with Gasteiger partial charge >= 0.3 is 0 Å². The number of nitrogens with one attached hydrogen (secondary N) is 1. The van der Waals surface area contributed by atoms with Crippen LogP contribution >= 0.6 is 23.2 Å². The van der Waals surface area contributed by atoms with Gasteiger partial charge in [0.25, 0.3) is 0 Å². The van der Waals surface area contributed by atoms with Crippen LogP contribution in [-0.4, -0.2) is 82.2 Å². The molecule has 0 unspecified atom stereocenters. The van der Waals surface area contributed by atoms with Crippen molar-refractivity contribution in [3.05, 3.63) is 64.3 Å². The number of pyridine rings is 1. The molecular weight excluding hydrogens is 629 g/mol. The van der Waals surface area contributed by atoms with Gasteiger partial charge in [-0.05, 0) is 24.3 Å². The fourth-order valence-electron chi connectivity index (χ4n) is 5.92. The van der Waals surface area contributed by atoms with Crippen molar-refractivity contribution in [1.29, 1.82) is 5.26 Å². The molecule has 0 radical (unpaired) electrons. The second kappa shape index (κ2) is 12.8. The minimum atomic E-state index is -0.339. The molecule has 236 valence electrons. The maximum atomic E-state index is 12.5. The van der Waals surface area contributed by atoms with E-state index in [4.69, 9.17) is 47.4 Å². The van der Waals surface area contributed by atoms with Crippen molar-refractivity contribution >= 4 is 63.7 Å². The van der Waals surface area contributed by atoms with Crippen molar-refractivity contribution < 1.29 is 19.0 Å². The number of halogens is 2. The molecule has 6 rings (SSSR count). The second-order valence-corrected chi connectivity index (χ2v) is 11.4. The van der Waals surface area contributed by atoms with Gasteiger partial charge in [-0.1, -0.05) is 29.8 Å². The third kappa shape index (κ3) is 5.44. The molecule has 0 bridgehead atoms. The summed E-state index contributed by atoms with van der Waals surface area (Å²) >= 11 is 13.6. The Morgan fingerprint density at radius 1 is 0.978 bits per heavy atom. The van der Waals surface area contributed by atoms with E-state index in [1.807, 2.05) is 24.3 Å². The number of rotatable bonds is 8. The third-order valence-electron chi connectivity index (χ3n) is 8.23. The zero-order valence-electron chi connectivity index (χ0n) is 25.6. The lowest BCUT2D eigenvalue weighted by Crippen LogP contribution is -2.44. The summed E-state index contributed by atoms with van der Waals surface area (Å²) in [6.45, 7) is 7.22. The van der Waals surface area contributed by atoms with E-state index in [0.717, 1.165) is 28.3 Å². The Kier molecular flexibility index (Phi) is 8.67. The molecule has 2 aromatic carbocycles. The summed E-state index contributed by atoms with van der Waals surface area (Å²) in [4.78, 5) is 28.1. The minimum Gasteiger partial charge on any atom is -0.496 e. The SMILES string of the molecule is C=CC(=O)Nc1cc(-c2cc3c(cn2)C=C(c2c(Cl)c(OC)cc(OC)c2Cl)C2=NCCN23)c(OC)cc1N1CCN(C#N)CC1. The summed E-state index contributed by atoms with van der Waals surface area (Å²) in [6, 6.07) is 7.41. The predicted molar refractivity (Wildman–Crippen MR) is 182 cm³/mol. The van der Waals surface area contributed by atoms with Gasteiger partial charge in [-0.2, -0.15) is 5.26 Å². The predicted octanol–water partition coefficient (Wildman–Crippen LogP) is 5.58. The van der Waals surface area contributed by atoms with Gasteiger partial charge in [0.1, 0.15) is 23.1 Å². The first-order valence-corrected chi connectivity index (χ1v) is 15.3. The number of fused-ring (bicyclic) bond motifs is 3. The van der Waals surface area contributed by atoms with Gasteiger partial charge in [-0.3, -0.25) is 14.8 Å². The number of carbonyl (C=O) groups excluding carboxylic acids is 1. The van der Waals surface area contributed by atoms with Gasteiger partial charge in [0.2, 0.25) is 5.91 Å². The number of nitrogens with zero attached hydrogens (tertiary/aromatic N) is 6. The lowest BCUT2D eigenvalue weighted by molar-refractivity contribution is -0.111. The lowest BCUT2D eigenvalue weighted by Gasteiger charge is -2.35. The molecule has 1 saturated heterocycles. The van der Waals surface area contributed by atoms with E-state index in [1.165, 1.54) is 20.3 Å². The van der Waals surface area contributed by atoms with Crippen LogP contribution in [0.4, 0.5) is 17.1 Å². The molecule has 0 atom stereocenters. The number of nitriles is 1. The van der Waals surface area contributed by atoms with Crippen LogP contribution in [0.2, 0.25) is 10.0 Å². The maximum absolute atomic E-state index is 12.5. The van der Waals surface area contributed by atoms with Gasteiger partial charge in [0.05, 0.1) is 60.7 Å². The standard InChI is InChI=1S/C33H31Cl2N7O4/c1-5-29(43)39-23-13-20(26(44-2)15-25(23)41-10-8-40(18-36)9-11-41)22-14-24-19(17-38-22)12-21(33-37-6-7-42(24)33)30-31(34)27(45-3)16-28(46-4)32(30)35/h5,12-17H,1,6-11H2,2-4H3,(H,39,43). The lowest BCUT2D eigenvalue weighted by atomic mass is 9.95. The number of carbonyl (C=O) groups is 1. The average Bonchev–Trinajstić information content (AvgIpc) is 3.59. The molecule has 46 heavy (non-hydrogen) atoms. The highest BCUT2D eigenvalue weighted by atomic mass is 35.5. The van der Waals surface area contributed by atoms with Crippen molar-refractivity contribution in [2.24, 2.45) is 4.99 Å². The molecule has 3 aromatic rings. The van der Waals surface area contributed by atoms with Gasteiger partial charge in [-0.15, -0.1) is 0 Å². The van der Waals surface area contributed by atoms with Crippen LogP contribution in [0.1, 0.15) is 11.1 Å². The van der Waals surface area contributed by atoms with Crippen molar-refractivity contribution in [1.82, 2.24) is 9.88 Å². The first kappa shape index (κ1) is 31.1. The molecule has 0 saturated carbocycles. The van der Waals surface area contributed by atoms with E-state index in [0.29, 0.717) is 89.1 Å². The molecule has 3 aliphatic heterocycles. The fraction of sp³-hybridized carbons (Fsp3) is 0.273. The van der Waals surface area contributed by atoms with Gasteiger partial charge in [-0.25, -0.2) is 0 Å². The summed E-state index contributed by atoms with van der Waals surface area (Å²) in [5.74, 6) is 1.84. The molecule has 1 amide bonds. The van der Waals surface area contributed by atoms with E-state index in [-0.39, 0.29) is 5.91 Å². The molecule has 11 nitrogen and oxygen atoms in total. The Balaban J connectivity index is 1.46. The number of aliphatic imine (C=N–C) groups is 1. The maximum Gasteiger partial charge on any atom is 0.247 e. The van der Waals surface area contributed by atoms with Gasteiger partial charge in [0, 0.05) is 73.3 Å². The largest absolute Gasteiger partial charge is 0.496 e. The number of amides is 1. The molecule has 1 N–H and O–H groups in total. The van der Waals surface area contributed by atoms with Crippen molar-refractivity contribution in [3.8, 4) is 34.7 Å². The minimum absolute atomic E-state index is 0.339. The monoisotopic (exact) mass is 659 g/mol. The molecule has 0 aliphatic carbocycles. The first-order chi connectivity index (χ1) is 22.3. The second-order valence-electron chi connectivity index (χ2n) is 10.7. The number of hydrogen-bond donors (Lipinski definition) is 1. The molecule has 1 fully saturated rings. The molecule has 3 aliphatic rings. The topological polar surface area (TPSA) is 116 Å². The Hall–Kier alpha value is -4.92. The number of anilines is 3. The highest BCUT2D eigenvalue weighted by molar-refractivity contribution is 6.46. The first-order valence-electron chi connectivity index (χ1n) is 14.5. The number of aromatic nitrogens is 1. The Bertz CT molecular complexity index is 1820. The Morgan fingerprint density at radius 2 is 1.67 bits per heavy atom. The van der Waals surface area contributed by atoms with Crippen LogP contribution in [0.25, 0.3) is 22.9 Å². The van der Waals surface area contributed by atoms with Gasteiger partial charge < -0.3 is 34.2 Å². The summed E-state index contributed by atoms with van der Waals surface area (Å²) in [5.41, 5.74) is 5.77. The normalized spacial score (nSPS) is 15.3. The van der Waals surface area contributed by atoms with Crippen molar-refractivity contribution in [2.45, 2.75) is 0 Å². The highest BCUT2D eigenvalue weighted by Crippen LogP contribution is 2.48. The number of piperazine rings is 1. The zero-order valence-corrected chi connectivity index (χ0v) is 27.1. The van der Waals surface area contributed by atoms with Crippen LogP contribution in [0, 0.1) is 11.5 Å². The molecule has 1 aromatic heterocycles. The third-order valence-corrected chi connectivity index (χ3v) is 8.98. The number of amidine groups is 1. The van der Waals surface area contributed by atoms with E-state index in [1.54, 1.807) is 24.3 Å². The average molecular weight is 661 g/mol. The molecule has 13 heteroatoms. The number of methoxy groups -OCH3 is 3.